The number of rotatable bonds is 2. The summed E-state index contributed by atoms with van der Waals surface area (Å²) in [6, 6.07) is 5.10. The minimum absolute atomic E-state index is 0.278. The molecule has 1 unspecified atom stereocenters. The summed E-state index contributed by atoms with van der Waals surface area (Å²) in [5, 5.41) is 1.03. The third kappa shape index (κ3) is 3.16. The standard InChI is InChI=1S/C11H13Cl2NO3S/c1-18(15,16)14-4-5-17-11(7-14)9-3-2-8(12)6-10(9)13/h2-3,6,11H,4-5,7H2,1H3. The average molecular weight is 310 g/mol. The highest BCUT2D eigenvalue weighted by Crippen LogP contribution is 2.31. The molecule has 0 bridgehead atoms. The van der Waals surface area contributed by atoms with Crippen molar-refractivity contribution in [3.05, 3.63) is 33.8 Å². The molecule has 100 valence electrons. The highest BCUT2D eigenvalue weighted by atomic mass is 35.5. The van der Waals surface area contributed by atoms with Crippen molar-refractivity contribution in [2.45, 2.75) is 6.10 Å². The van der Waals surface area contributed by atoms with Gasteiger partial charge in [0.1, 0.15) is 0 Å². The molecule has 0 saturated carbocycles. The lowest BCUT2D eigenvalue weighted by Gasteiger charge is -2.31. The van der Waals surface area contributed by atoms with Crippen LogP contribution >= 0.6 is 23.2 Å². The van der Waals surface area contributed by atoms with Crippen LogP contribution in [0.1, 0.15) is 11.7 Å². The van der Waals surface area contributed by atoms with Crippen LogP contribution in [0.3, 0.4) is 0 Å². The van der Waals surface area contributed by atoms with Crippen molar-refractivity contribution >= 4 is 33.2 Å². The maximum atomic E-state index is 11.5. The lowest BCUT2D eigenvalue weighted by molar-refractivity contribution is -0.00228. The molecular formula is C11H13Cl2NO3S. The van der Waals surface area contributed by atoms with Crippen molar-refractivity contribution in [2.24, 2.45) is 0 Å². The summed E-state index contributed by atoms with van der Waals surface area (Å²) in [7, 11) is -3.20. The first kappa shape index (κ1) is 14.1. The Morgan fingerprint density at radius 2 is 2.11 bits per heavy atom. The third-order valence-electron chi connectivity index (χ3n) is 2.81. The molecule has 1 saturated heterocycles. The highest BCUT2D eigenvalue weighted by molar-refractivity contribution is 7.88. The number of sulfonamides is 1. The van der Waals surface area contributed by atoms with Gasteiger partial charge in [-0.15, -0.1) is 0 Å². The second-order valence-electron chi connectivity index (χ2n) is 4.15. The molecular weight excluding hydrogens is 297 g/mol. The van der Waals surface area contributed by atoms with Gasteiger partial charge in [0.05, 0.1) is 19.0 Å². The Bertz CT molecular complexity index is 547. The Balaban J connectivity index is 2.23. The molecule has 2 rings (SSSR count). The lowest BCUT2D eigenvalue weighted by atomic mass is 10.1. The lowest BCUT2D eigenvalue weighted by Crippen LogP contribution is -2.41. The molecule has 18 heavy (non-hydrogen) atoms. The topological polar surface area (TPSA) is 46.6 Å². The fourth-order valence-corrected chi connectivity index (χ4v) is 3.22. The summed E-state index contributed by atoms with van der Waals surface area (Å²) >= 11 is 11.9. The normalized spacial score (nSPS) is 22.1. The van der Waals surface area contributed by atoms with Gasteiger partial charge in [-0.2, -0.15) is 4.31 Å². The van der Waals surface area contributed by atoms with Crippen LogP contribution in [-0.4, -0.2) is 38.7 Å². The van der Waals surface area contributed by atoms with E-state index in [2.05, 4.69) is 0 Å². The van der Waals surface area contributed by atoms with Crippen LogP contribution < -0.4 is 0 Å². The quantitative estimate of drug-likeness (QED) is 0.842. The Morgan fingerprint density at radius 3 is 2.72 bits per heavy atom. The van der Waals surface area contributed by atoms with Gasteiger partial charge >= 0.3 is 0 Å². The van der Waals surface area contributed by atoms with Crippen LogP contribution in [0.4, 0.5) is 0 Å². The molecule has 1 heterocycles. The average Bonchev–Trinajstić information content (AvgIpc) is 2.28. The van der Waals surface area contributed by atoms with E-state index in [0.29, 0.717) is 23.2 Å². The summed E-state index contributed by atoms with van der Waals surface area (Å²) in [6.07, 6.45) is 0.844. The number of hydrogen-bond donors (Lipinski definition) is 0. The summed E-state index contributed by atoms with van der Waals surface area (Å²) in [6.45, 7) is 1.01. The SMILES string of the molecule is CS(=O)(=O)N1CCOC(c2ccc(Cl)cc2Cl)C1. The largest absolute Gasteiger partial charge is 0.371 e. The monoisotopic (exact) mass is 309 g/mol. The third-order valence-corrected chi connectivity index (χ3v) is 4.64. The number of halogens is 2. The molecule has 0 aliphatic carbocycles. The first-order valence-electron chi connectivity index (χ1n) is 5.39. The Kier molecular flexibility index (Phi) is 4.18. The number of nitrogens with zero attached hydrogens (tertiary/aromatic N) is 1. The molecule has 1 aliphatic rings. The van der Waals surface area contributed by atoms with Crippen LogP contribution in [-0.2, 0) is 14.8 Å². The van der Waals surface area contributed by atoms with E-state index in [1.165, 1.54) is 10.6 Å². The molecule has 0 radical (unpaired) electrons. The predicted octanol–water partition coefficient (Wildman–Crippen LogP) is 2.33. The van der Waals surface area contributed by atoms with Crippen molar-refractivity contribution in [1.82, 2.24) is 4.31 Å². The van der Waals surface area contributed by atoms with Gasteiger partial charge in [0.25, 0.3) is 0 Å². The fraction of sp³-hybridized carbons (Fsp3) is 0.455. The molecule has 1 atom stereocenters. The van der Waals surface area contributed by atoms with Crippen LogP contribution in [0.15, 0.2) is 18.2 Å². The summed E-state index contributed by atoms with van der Waals surface area (Å²) in [4.78, 5) is 0. The molecule has 1 aliphatic heterocycles. The van der Waals surface area contributed by atoms with Gasteiger partial charge in [-0.1, -0.05) is 29.3 Å². The summed E-state index contributed by atoms with van der Waals surface area (Å²) in [5.41, 5.74) is 0.759. The van der Waals surface area contributed by atoms with Crippen LogP contribution in [0.2, 0.25) is 10.0 Å². The van der Waals surface area contributed by atoms with Gasteiger partial charge < -0.3 is 4.74 Å². The second-order valence-corrected chi connectivity index (χ2v) is 6.97. The van der Waals surface area contributed by atoms with Gasteiger partial charge in [0, 0.05) is 28.7 Å². The highest BCUT2D eigenvalue weighted by Gasteiger charge is 2.28. The first-order valence-corrected chi connectivity index (χ1v) is 8.00. The van der Waals surface area contributed by atoms with Crippen molar-refractivity contribution in [1.29, 1.82) is 0 Å². The van der Waals surface area contributed by atoms with Gasteiger partial charge in [0.2, 0.25) is 10.0 Å². The molecule has 0 N–H and O–H groups in total. The second kappa shape index (κ2) is 5.35. The van der Waals surface area contributed by atoms with E-state index in [0.717, 1.165) is 5.56 Å². The molecule has 1 aromatic rings. The number of benzene rings is 1. The van der Waals surface area contributed by atoms with Crippen molar-refractivity contribution in [3.63, 3.8) is 0 Å². The van der Waals surface area contributed by atoms with Gasteiger partial charge in [-0.25, -0.2) is 8.42 Å². The van der Waals surface area contributed by atoms with E-state index in [1.807, 2.05) is 0 Å². The van der Waals surface area contributed by atoms with Crippen molar-refractivity contribution < 1.29 is 13.2 Å². The molecule has 1 fully saturated rings. The molecule has 4 nitrogen and oxygen atoms in total. The van der Waals surface area contributed by atoms with Crippen molar-refractivity contribution in [3.8, 4) is 0 Å². The zero-order valence-electron chi connectivity index (χ0n) is 9.77. The Labute approximate surface area is 116 Å². The zero-order chi connectivity index (χ0) is 13.3. The van der Waals surface area contributed by atoms with Gasteiger partial charge in [-0.3, -0.25) is 0 Å². The smallest absolute Gasteiger partial charge is 0.211 e. The van der Waals surface area contributed by atoms with Crippen LogP contribution in [0.25, 0.3) is 0 Å². The Morgan fingerprint density at radius 1 is 1.39 bits per heavy atom. The summed E-state index contributed by atoms with van der Waals surface area (Å²) < 4.78 is 30.0. The van der Waals surface area contributed by atoms with E-state index in [-0.39, 0.29) is 12.6 Å². The molecule has 0 aromatic heterocycles. The Hall–Kier alpha value is -0.330. The number of morpholine rings is 1. The van der Waals surface area contributed by atoms with Crippen molar-refractivity contribution in [2.75, 3.05) is 26.0 Å². The minimum atomic E-state index is -3.20. The molecule has 1 aromatic carbocycles. The van der Waals surface area contributed by atoms with E-state index < -0.39 is 10.0 Å². The van der Waals surface area contributed by atoms with E-state index >= 15 is 0 Å². The summed E-state index contributed by atoms with van der Waals surface area (Å²) in [5.74, 6) is 0. The fourth-order valence-electron chi connectivity index (χ4n) is 1.88. The number of ether oxygens (including phenoxy) is 1. The molecule has 7 heteroatoms. The van der Waals surface area contributed by atoms with Gasteiger partial charge in [0.15, 0.2) is 0 Å². The van der Waals surface area contributed by atoms with E-state index in [9.17, 15) is 8.42 Å². The van der Waals surface area contributed by atoms with Crippen LogP contribution in [0.5, 0.6) is 0 Å². The number of hydrogen-bond acceptors (Lipinski definition) is 3. The van der Waals surface area contributed by atoms with Crippen LogP contribution in [0, 0.1) is 0 Å². The minimum Gasteiger partial charge on any atom is -0.371 e. The molecule has 0 amide bonds. The predicted molar refractivity (Wildman–Crippen MR) is 71.6 cm³/mol. The van der Waals surface area contributed by atoms with E-state index in [1.54, 1.807) is 18.2 Å². The zero-order valence-corrected chi connectivity index (χ0v) is 12.1. The molecule has 0 spiro atoms. The maximum Gasteiger partial charge on any atom is 0.211 e. The van der Waals surface area contributed by atoms with Gasteiger partial charge in [-0.05, 0) is 12.1 Å². The first-order chi connectivity index (χ1) is 8.38. The maximum absolute atomic E-state index is 11.5. The van der Waals surface area contributed by atoms with E-state index in [4.69, 9.17) is 27.9 Å².